The number of aliphatic carboxylic acids is 1. The van der Waals surface area contributed by atoms with Crippen molar-refractivity contribution in [2.24, 2.45) is 0 Å². The van der Waals surface area contributed by atoms with Crippen molar-refractivity contribution in [3.05, 3.63) is 59.7 Å². The summed E-state index contributed by atoms with van der Waals surface area (Å²) in [5.41, 5.74) is 4.43. The second-order valence-electron chi connectivity index (χ2n) is 6.88. The number of carboxylic acid groups (broad SMARTS) is 1. The Bertz CT molecular complexity index is 864. The fraction of sp³-hybridized carbons (Fsp3) is 0.318. The maximum atomic E-state index is 12.3. The summed E-state index contributed by atoms with van der Waals surface area (Å²) in [5.74, 6) is -1.62. The van der Waals surface area contributed by atoms with Crippen LogP contribution in [0.5, 0.6) is 0 Å². The standard InChI is InChI=1S/C22H23NO6/c1-28-21(26)11-10-14(12-20(24)25)23-22(27)29-13-19-17-8-4-2-6-15(17)16-7-3-5-9-18(16)19/h2-9,14,19H,10-13H2,1H3,(H,23,27)(H,24,25). The van der Waals surface area contributed by atoms with Gasteiger partial charge in [-0.3, -0.25) is 9.59 Å². The van der Waals surface area contributed by atoms with E-state index in [1.165, 1.54) is 7.11 Å². The van der Waals surface area contributed by atoms with Crippen LogP contribution in [0.1, 0.15) is 36.3 Å². The SMILES string of the molecule is COC(=O)CCC(CC(=O)O)NC(=O)OCC1c2ccccc2-c2ccccc21. The zero-order valence-corrected chi connectivity index (χ0v) is 16.1. The Morgan fingerprint density at radius 1 is 1.03 bits per heavy atom. The van der Waals surface area contributed by atoms with E-state index in [4.69, 9.17) is 9.84 Å². The fourth-order valence-corrected chi connectivity index (χ4v) is 3.64. The third kappa shape index (κ3) is 4.93. The summed E-state index contributed by atoms with van der Waals surface area (Å²) in [5, 5.41) is 11.6. The van der Waals surface area contributed by atoms with Gasteiger partial charge in [-0.15, -0.1) is 0 Å². The summed E-state index contributed by atoms with van der Waals surface area (Å²) >= 11 is 0. The molecule has 1 aliphatic rings. The number of nitrogens with one attached hydrogen (secondary N) is 1. The van der Waals surface area contributed by atoms with E-state index in [-0.39, 0.29) is 31.8 Å². The smallest absolute Gasteiger partial charge is 0.407 e. The lowest BCUT2D eigenvalue weighted by Crippen LogP contribution is -2.37. The van der Waals surface area contributed by atoms with Crippen LogP contribution in [0.3, 0.4) is 0 Å². The van der Waals surface area contributed by atoms with Gasteiger partial charge in [0.25, 0.3) is 0 Å². The minimum absolute atomic E-state index is 0.0120. The Hall–Kier alpha value is -3.35. The lowest BCUT2D eigenvalue weighted by molar-refractivity contribution is -0.142. The van der Waals surface area contributed by atoms with Crippen LogP contribution in [0.25, 0.3) is 11.1 Å². The lowest BCUT2D eigenvalue weighted by atomic mass is 9.98. The van der Waals surface area contributed by atoms with Gasteiger partial charge < -0.3 is 19.9 Å². The monoisotopic (exact) mass is 397 g/mol. The van der Waals surface area contributed by atoms with Crippen molar-refractivity contribution in [1.82, 2.24) is 5.32 Å². The number of fused-ring (bicyclic) bond motifs is 3. The van der Waals surface area contributed by atoms with E-state index in [9.17, 15) is 14.4 Å². The van der Waals surface area contributed by atoms with E-state index >= 15 is 0 Å². The molecule has 29 heavy (non-hydrogen) atoms. The summed E-state index contributed by atoms with van der Waals surface area (Å²) in [6, 6.07) is 15.3. The van der Waals surface area contributed by atoms with Crippen molar-refractivity contribution in [3.63, 3.8) is 0 Å². The first kappa shape index (κ1) is 20.4. The minimum Gasteiger partial charge on any atom is -0.481 e. The maximum Gasteiger partial charge on any atom is 0.407 e. The second-order valence-corrected chi connectivity index (χ2v) is 6.88. The van der Waals surface area contributed by atoms with E-state index in [1.807, 2.05) is 48.5 Å². The molecule has 0 radical (unpaired) electrons. The number of carbonyl (C=O) groups excluding carboxylic acids is 2. The van der Waals surface area contributed by atoms with Crippen molar-refractivity contribution in [1.29, 1.82) is 0 Å². The van der Waals surface area contributed by atoms with Gasteiger partial charge >= 0.3 is 18.0 Å². The predicted octanol–water partition coefficient (Wildman–Crippen LogP) is 3.32. The second kappa shape index (κ2) is 9.23. The Labute approximate surface area is 168 Å². The number of alkyl carbamates (subject to hydrolysis) is 1. The zero-order chi connectivity index (χ0) is 20.8. The number of hydrogen-bond acceptors (Lipinski definition) is 5. The van der Waals surface area contributed by atoms with Crippen LogP contribution in [-0.2, 0) is 19.1 Å². The Morgan fingerprint density at radius 3 is 2.17 bits per heavy atom. The van der Waals surface area contributed by atoms with Gasteiger partial charge in [0.15, 0.2) is 0 Å². The van der Waals surface area contributed by atoms with Crippen molar-refractivity contribution >= 4 is 18.0 Å². The topological polar surface area (TPSA) is 102 Å². The maximum absolute atomic E-state index is 12.3. The molecule has 0 aromatic heterocycles. The molecule has 152 valence electrons. The number of amides is 1. The van der Waals surface area contributed by atoms with Crippen LogP contribution in [0.4, 0.5) is 4.79 Å². The molecule has 0 spiro atoms. The van der Waals surface area contributed by atoms with E-state index in [2.05, 4.69) is 10.1 Å². The summed E-state index contributed by atoms with van der Waals surface area (Å²) in [7, 11) is 1.26. The lowest BCUT2D eigenvalue weighted by Gasteiger charge is -2.18. The summed E-state index contributed by atoms with van der Waals surface area (Å²) in [6.45, 7) is 0.136. The summed E-state index contributed by atoms with van der Waals surface area (Å²) in [4.78, 5) is 34.6. The van der Waals surface area contributed by atoms with Gasteiger partial charge in [0.2, 0.25) is 0 Å². The van der Waals surface area contributed by atoms with Gasteiger partial charge in [0.1, 0.15) is 6.61 Å². The van der Waals surface area contributed by atoms with Crippen LogP contribution in [-0.4, -0.2) is 42.9 Å². The molecule has 0 saturated heterocycles. The van der Waals surface area contributed by atoms with Gasteiger partial charge in [-0.05, 0) is 28.7 Å². The molecule has 0 heterocycles. The average molecular weight is 397 g/mol. The molecule has 0 saturated carbocycles. The number of rotatable bonds is 8. The molecule has 1 aliphatic carbocycles. The molecular formula is C22H23NO6. The number of carboxylic acids is 1. The van der Waals surface area contributed by atoms with Crippen molar-refractivity contribution < 1.29 is 29.0 Å². The quantitative estimate of drug-likeness (QED) is 0.663. The first-order valence-electron chi connectivity index (χ1n) is 9.39. The molecule has 1 amide bonds. The van der Waals surface area contributed by atoms with E-state index < -0.39 is 24.1 Å². The molecule has 0 bridgehead atoms. The molecule has 2 aromatic rings. The molecule has 0 fully saturated rings. The highest BCUT2D eigenvalue weighted by molar-refractivity contribution is 5.79. The first-order valence-corrected chi connectivity index (χ1v) is 9.39. The number of carbonyl (C=O) groups is 3. The molecule has 1 atom stereocenters. The number of ether oxygens (including phenoxy) is 2. The summed E-state index contributed by atoms with van der Waals surface area (Å²) < 4.78 is 9.99. The Morgan fingerprint density at radius 2 is 1.62 bits per heavy atom. The van der Waals surface area contributed by atoms with Crippen LogP contribution < -0.4 is 5.32 Å². The number of benzene rings is 2. The van der Waals surface area contributed by atoms with E-state index in [0.29, 0.717) is 0 Å². The third-order valence-electron chi connectivity index (χ3n) is 5.01. The van der Waals surface area contributed by atoms with Crippen LogP contribution in [0.2, 0.25) is 0 Å². The van der Waals surface area contributed by atoms with Crippen LogP contribution in [0.15, 0.2) is 48.5 Å². The predicted molar refractivity (Wildman–Crippen MR) is 105 cm³/mol. The van der Waals surface area contributed by atoms with E-state index in [0.717, 1.165) is 22.3 Å². The highest BCUT2D eigenvalue weighted by Crippen LogP contribution is 2.44. The number of hydrogen-bond donors (Lipinski definition) is 2. The van der Waals surface area contributed by atoms with Gasteiger partial charge in [-0.1, -0.05) is 48.5 Å². The number of esters is 1. The van der Waals surface area contributed by atoms with Crippen LogP contribution >= 0.6 is 0 Å². The molecule has 2 aromatic carbocycles. The minimum atomic E-state index is -1.07. The molecule has 2 N–H and O–H groups in total. The Balaban J connectivity index is 1.63. The normalized spacial score (nSPS) is 13.1. The average Bonchev–Trinajstić information content (AvgIpc) is 3.03. The van der Waals surface area contributed by atoms with Crippen LogP contribution in [0, 0.1) is 0 Å². The van der Waals surface area contributed by atoms with Gasteiger partial charge in [-0.25, -0.2) is 4.79 Å². The van der Waals surface area contributed by atoms with Crippen molar-refractivity contribution in [2.45, 2.75) is 31.2 Å². The van der Waals surface area contributed by atoms with Gasteiger partial charge in [0.05, 0.1) is 13.5 Å². The largest absolute Gasteiger partial charge is 0.481 e. The Kier molecular flexibility index (Phi) is 6.49. The van der Waals surface area contributed by atoms with Gasteiger partial charge in [0, 0.05) is 18.4 Å². The van der Waals surface area contributed by atoms with Crippen molar-refractivity contribution in [3.8, 4) is 11.1 Å². The fourth-order valence-electron chi connectivity index (χ4n) is 3.64. The van der Waals surface area contributed by atoms with E-state index in [1.54, 1.807) is 0 Å². The molecule has 0 aliphatic heterocycles. The third-order valence-corrected chi connectivity index (χ3v) is 5.01. The first-order chi connectivity index (χ1) is 14.0. The molecule has 7 heteroatoms. The molecular weight excluding hydrogens is 374 g/mol. The highest BCUT2D eigenvalue weighted by atomic mass is 16.5. The van der Waals surface area contributed by atoms with Crippen molar-refractivity contribution in [2.75, 3.05) is 13.7 Å². The van der Waals surface area contributed by atoms with Gasteiger partial charge in [-0.2, -0.15) is 0 Å². The molecule has 7 nitrogen and oxygen atoms in total. The number of methoxy groups -OCH3 is 1. The summed E-state index contributed by atoms with van der Waals surface area (Å²) in [6.07, 6.45) is -0.842. The molecule has 1 unspecified atom stereocenters. The highest BCUT2D eigenvalue weighted by Gasteiger charge is 2.29. The zero-order valence-electron chi connectivity index (χ0n) is 16.1. The molecule has 3 rings (SSSR count).